The van der Waals surface area contributed by atoms with Crippen LogP contribution < -0.4 is 15.4 Å². The molecule has 0 radical (unpaired) electrons. The minimum Gasteiger partial charge on any atom is -0.433 e. The van der Waals surface area contributed by atoms with Gasteiger partial charge >= 0.3 is 6.61 Å². The molecule has 0 amide bonds. The third-order valence-corrected chi connectivity index (χ3v) is 2.53. The van der Waals surface area contributed by atoms with E-state index in [0.717, 1.165) is 11.3 Å². The highest BCUT2D eigenvalue weighted by Crippen LogP contribution is 2.13. The minimum atomic E-state index is -2.80. The van der Waals surface area contributed by atoms with Gasteiger partial charge in [0, 0.05) is 26.0 Å². The summed E-state index contributed by atoms with van der Waals surface area (Å²) in [6.07, 6.45) is 6.04. The standard InChI is InChI=1S/C8H10F2N2O.C7H7N3/c1-11-3-6-2-7(5-12-4-6)13-8(9)10;1-9-7-2-6(3-8)4-10-5-7/h2,4-5,8,11H,3H2,1H3;2,4-5,9H,1H3. The maximum atomic E-state index is 11.8. The van der Waals surface area contributed by atoms with Crippen LogP contribution in [0.4, 0.5) is 14.5 Å². The number of hydrogen-bond acceptors (Lipinski definition) is 6. The summed E-state index contributed by atoms with van der Waals surface area (Å²) in [6, 6.07) is 5.27. The first-order valence-corrected chi connectivity index (χ1v) is 6.65. The quantitative estimate of drug-likeness (QED) is 0.880. The molecule has 8 heteroatoms. The zero-order valence-electron chi connectivity index (χ0n) is 12.8. The highest BCUT2D eigenvalue weighted by Gasteiger charge is 2.04. The van der Waals surface area contributed by atoms with Gasteiger partial charge in [-0.05, 0) is 24.7 Å². The van der Waals surface area contributed by atoms with Gasteiger partial charge in [0.1, 0.15) is 11.8 Å². The normalized spacial score (nSPS) is 9.57. The van der Waals surface area contributed by atoms with Crippen molar-refractivity contribution in [3.63, 3.8) is 0 Å². The van der Waals surface area contributed by atoms with E-state index < -0.39 is 6.61 Å². The molecule has 0 unspecified atom stereocenters. The second-order valence-corrected chi connectivity index (χ2v) is 4.26. The molecule has 0 atom stereocenters. The molecule has 0 fully saturated rings. The zero-order valence-corrected chi connectivity index (χ0v) is 12.8. The van der Waals surface area contributed by atoms with E-state index in [1.807, 2.05) is 6.07 Å². The van der Waals surface area contributed by atoms with Gasteiger partial charge in [0.05, 0.1) is 23.6 Å². The maximum absolute atomic E-state index is 11.8. The van der Waals surface area contributed by atoms with Crippen LogP contribution in [0.25, 0.3) is 0 Å². The molecule has 2 aromatic rings. The van der Waals surface area contributed by atoms with Crippen molar-refractivity contribution in [1.29, 1.82) is 5.26 Å². The topological polar surface area (TPSA) is 82.9 Å². The van der Waals surface area contributed by atoms with Gasteiger partial charge in [0.25, 0.3) is 0 Å². The lowest BCUT2D eigenvalue weighted by atomic mass is 10.3. The van der Waals surface area contributed by atoms with Gasteiger partial charge in [-0.25, -0.2) is 0 Å². The molecule has 6 nitrogen and oxygen atoms in total. The second-order valence-electron chi connectivity index (χ2n) is 4.26. The van der Waals surface area contributed by atoms with E-state index in [1.165, 1.54) is 18.5 Å². The average molecular weight is 321 g/mol. The summed E-state index contributed by atoms with van der Waals surface area (Å²) in [7, 11) is 3.55. The Bertz CT molecular complexity index is 646. The molecule has 0 spiro atoms. The van der Waals surface area contributed by atoms with E-state index in [-0.39, 0.29) is 5.75 Å². The lowest BCUT2D eigenvalue weighted by molar-refractivity contribution is -0.0501. The Morgan fingerprint density at radius 1 is 1.17 bits per heavy atom. The number of nitrogens with one attached hydrogen (secondary N) is 2. The predicted octanol–water partition coefficient (Wildman–Crippen LogP) is 2.40. The average Bonchev–Trinajstić information content (AvgIpc) is 2.55. The smallest absolute Gasteiger partial charge is 0.387 e. The molecule has 2 aromatic heterocycles. The van der Waals surface area contributed by atoms with Crippen LogP contribution in [0.3, 0.4) is 0 Å². The molecule has 2 rings (SSSR count). The lowest BCUT2D eigenvalue weighted by Crippen LogP contribution is -2.07. The van der Waals surface area contributed by atoms with Crippen LogP contribution in [0.2, 0.25) is 0 Å². The monoisotopic (exact) mass is 321 g/mol. The van der Waals surface area contributed by atoms with E-state index in [1.54, 1.807) is 32.6 Å². The van der Waals surface area contributed by atoms with Crippen molar-refractivity contribution < 1.29 is 13.5 Å². The van der Waals surface area contributed by atoms with Crippen molar-refractivity contribution in [3.8, 4) is 11.8 Å². The summed E-state index contributed by atoms with van der Waals surface area (Å²) in [4.78, 5) is 7.60. The first-order valence-electron chi connectivity index (χ1n) is 6.65. The molecule has 0 bridgehead atoms. The second kappa shape index (κ2) is 10.0. The summed E-state index contributed by atoms with van der Waals surface area (Å²) in [5.41, 5.74) is 2.24. The number of nitrogens with zero attached hydrogens (tertiary/aromatic N) is 3. The first-order chi connectivity index (χ1) is 11.1. The van der Waals surface area contributed by atoms with Gasteiger partial charge < -0.3 is 15.4 Å². The Kier molecular flexibility index (Phi) is 7.96. The van der Waals surface area contributed by atoms with Crippen molar-refractivity contribution in [2.45, 2.75) is 13.2 Å². The number of pyridine rings is 2. The van der Waals surface area contributed by atoms with E-state index >= 15 is 0 Å². The van der Waals surface area contributed by atoms with Gasteiger partial charge in [-0.15, -0.1) is 0 Å². The number of hydrogen-bond donors (Lipinski definition) is 2. The van der Waals surface area contributed by atoms with Crippen LogP contribution in [-0.4, -0.2) is 30.7 Å². The van der Waals surface area contributed by atoms with Crippen molar-refractivity contribution in [1.82, 2.24) is 15.3 Å². The largest absolute Gasteiger partial charge is 0.433 e. The molecule has 0 aliphatic rings. The SMILES string of the molecule is CNCc1cncc(OC(F)F)c1.CNc1cncc(C#N)c1. The molecular formula is C15H17F2N5O. The number of aromatic nitrogens is 2. The van der Waals surface area contributed by atoms with Crippen molar-refractivity contribution >= 4 is 5.69 Å². The van der Waals surface area contributed by atoms with Gasteiger partial charge in [0.15, 0.2) is 0 Å². The Labute approximate surface area is 133 Å². The minimum absolute atomic E-state index is 0.0859. The molecule has 0 saturated heterocycles. The summed E-state index contributed by atoms with van der Waals surface area (Å²) in [6.45, 7) is -2.22. The van der Waals surface area contributed by atoms with E-state index in [9.17, 15) is 8.78 Å². The summed E-state index contributed by atoms with van der Waals surface area (Å²) < 4.78 is 27.7. The van der Waals surface area contributed by atoms with Gasteiger partial charge in [-0.1, -0.05) is 0 Å². The van der Waals surface area contributed by atoms with Crippen LogP contribution in [0.5, 0.6) is 5.75 Å². The third-order valence-electron chi connectivity index (χ3n) is 2.53. The Balaban J connectivity index is 0.000000238. The van der Waals surface area contributed by atoms with Gasteiger partial charge in [-0.2, -0.15) is 14.0 Å². The molecular weight excluding hydrogens is 304 g/mol. The van der Waals surface area contributed by atoms with E-state index in [4.69, 9.17) is 5.26 Å². The molecule has 0 aliphatic heterocycles. The van der Waals surface area contributed by atoms with Gasteiger partial charge in [-0.3, -0.25) is 9.97 Å². The summed E-state index contributed by atoms with van der Waals surface area (Å²) >= 11 is 0. The fourth-order valence-corrected chi connectivity index (χ4v) is 1.57. The molecule has 0 saturated carbocycles. The predicted molar refractivity (Wildman–Crippen MR) is 82.1 cm³/mol. The van der Waals surface area contributed by atoms with Crippen molar-refractivity contribution in [2.24, 2.45) is 0 Å². The number of rotatable bonds is 5. The van der Waals surface area contributed by atoms with Crippen LogP contribution in [-0.2, 0) is 6.54 Å². The summed E-state index contributed by atoms with van der Waals surface area (Å²) in [5, 5.41) is 14.2. The van der Waals surface area contributed by atoms with E-state index in [0.29, 0.717) is 12.1 Å². The fourth-order valence-electron chi connectivity index (χ4n) is 1.57. The van der Waals surface area contributed by atoms with Gasteiger partial charge in [0.2, 0.25) is 0 Å². The number of anilines is 1. The van der Waals surface area contributed by atoms with Crippen LogP contribution in [0, 0.1) is 11.3 Å². The summed E-state index contributed by atoms with van der Waals surface area (Å²) in [5.74, 6) is 0.0859. The molecule has 2 heterocycles. The van der Waals surface area contributed by atoms with Crippen molar-refractivity contribution in [2.75, 3.05) is 19.4 Å². The number of alkyl halides is 2. The fraction of sp³-hybridized carbons (Fsp3) is 0.267. The van der Waals surface area contributed by atoms with Crippen LogP contribution in [0.1, 0.15) is 11.1 Å². The first kappa shape index (κ1) is 18.3. The Morgan fingerprint density at radius 2 is 1.91 bits per heavy atom. The van der Waals surface area contributed by atoms with Crippen LogP contribution >= 0.6 is 0 Å². The number of nitriles is 1. The number of halogens is 2. The Hall–Kier alpha value is -2.79. The molecule has 0 aromatic carbocycles. The van der Waals surface area contributed by atoms with Crippen molar-refractivity contribution in [3.05, 3.63) is 48.0 Å². The highest BCUT2D eigenvalue weighted by atomic mass is 19.3. The van der Waals surface area contributed by atoms with E-state index in [2.05, 4.69) is 25.3 Å². The molecule has 0 aliphatic carbocycles. The Morgan fingerprint density at radius 3 is 2.52 bits per heavy atom. The number of ether oxygens (including phenoxy) is 1. The molecule has 23 heavy (non-hydrogen) atoms. The lowest BCUT2D eigenvalue weighted by Gasteiger charge is -2.05. The van der Waals surface area contributed by atoms with Crippen LogP contribution in [0.15, 0.2) is 36.9 Å². The molecule has 2 N–H and O–H groups in total. The zero-order chi connectivity index (χ0) is 17.1. The maximum Gasteiger partial charge on any atom is 0.387 e. The third kappa shape index (κ3) is 7.15. The molecule has 122 valence electrons. The highest BCUT2D eigenvalue weighted by molar-refractivity contribution is 5.45.